The summed E-state index contributed by atoms with van der Waals surface area (Å²) in [6, 6.07) is 9.38. The van der Waals surface area contributed by atoms with Crippen molar-refractivity contribution in [1.29, 1.82) is 0 Å². The fourth-order valence-electron chi connectivity index (χ4n) is 2.59. The molecule has 3 rings (SSSR count). The molecule has 1 amide bonds. The Morgan fingerprint density at radius 3 is 2.44 bits per heavy atom. The Balaban J connectivity index is 1.75. The molecule has 7 heteroatoms. The SMILES string of the molecule is CC1(C)OB(c2ccccc2CNC(=O)c2ccncn2)OC1(C)C. The molecular formula is C18H22BN3O3. The highest BCUT2D eigenvalue weighted by Gasteiger charge is 2.52. The molecule has 1 aliphatic heterocycles. The van der Waals surface area contributed by atoms with E-state index in [1.165, 1.54) is 6.33 Å². The third-order valence-corrected chi connectivity index (χ3v) is 4.82. The van der Waals surface area contributed by atoms with Crippen molar-refractivity contribution in [1.82, 2.24) is 15.3 Å². The summed E-state index contributed by atoms with van der Waals surface area (Å²) >= 11 is 0. The number of hydrogen-bond acceptors (Lipinski definition) is 5. The van der Waals surface area contributed by atoms with Gasteiger partial charge in [0.15, 0.2) is 0 Å². The van der Waals surface area contributed by atoms with Crippen molar-refractivity contribution in [2.24, 2.45) is 0 Å². The van der Waals surface area contributed by atoms with Crippen LogP contribution in [0, 0.1) is 0 Å². The van der Waals surface area contributed by atoms with Crippen molar-refractivity contribution in [2.75, 3.05) is 0 Å². The molecule has 0 radical (unpaired) electrons. The minimum atomic E-state index is -0.461. The van der Waals surface area contributed by atoms with Gasteiger partial charge in [-0.1, -0.05) is 24.3 Å². The van der Waals surface area contributed by atoms with Crippen LogP contribution in [0.15, 0.2) is 42.9 Å². The monoisotopic (exact) mass is 339 g/mol. The first-order valence-corrected chi connectivity index (χ1v) is 8.28. The van der Waals surface area contributed by atoms with Crippen molar-refractivity contribution in [3.05, 3.63) is 54.1 Å². The van der Waals surface area contributed by atoms with Gasteiger partial charge in [-0.3, -0.25) is 4.79 Å². The Kier molecular flexibility index (Phi) is 4.62. The van der Waals surface area contributed by atoms with E-state index in [0.717, 1.165) is 11.0 Å². The predicted molar refractivity (Wildman–Crippen MR) is 95.4 cm³/mol. The quantitative estimate of drug-likeness (QED) is 0.859. The van der Waals surface area contributed by atoms with Crippen LogP contribution in [0.1, 0.15) is 43.7 Å². The van der Waals surface area contributed by atoms with Crippen molar-refractivity contribution >= 4 is 18.5 Å². The van der Waals surface area contributed by atoms with Crippen molar-refractivity contribution in [3.8, 4) is 0 Å². The van der Waals surface area contributed by atoms with E-state index in [4.69, 9.17) is 9.31 Å². The molecule has 1 aliphatic rings. The number of nitrogens with zero attached hydrogens (tertiary/aromatic N) is 2. The summed E-state index contributed by atoms with van der Waals surface area (Å²) in [5.41, 5.74) is 1.39. The van der Waals surface area contributed by atoms with E-state index in [0.29, 0.717) is 12.2 Å². The second-order valence-corrected chi connectivity index (χ2v) is 7.06. The Morgan fingerprint density at radius 2 is 1.80 bits per heavy atom. The fourth-order valence-corrected chi connectivity index (χ4v) is 2.59. The minimum Gasteiger partial charge on any atom is -0.399 e. The third kappa shape index (κ3) is 3.57. The first-order valence-electron chi connectivity index (χ1n) is 8.28. The molecule has 0 spiro atoms. The van der Waals surface area contributed by atoms with Crippen LogP contribution in [0.5, 0.6) is 0 Å². The number of carbonyl (C=O) groups is 1. The lowest BCUT2D eigenvalue weighted by Gasteiger charge is -2.32. The second-order valence-electron chi connectivity index (χ2n) is 7.06. The summed E-state index contributed by atoms with van der Waals surface area (Å²) < 4.78 is 12.3. The number of carbonyl (C=O) groups excluding carboxylic acids is 1. The first kappa shape index (κ1) is 17.6. The average Bonchev–Trinajstić information content (AvgIpc) is 2.81. The Morgan fingerprint density at radius 1 is 1.12 bits per heavy atom. The van der Waals surface area contributed by atoms with Crippen LogP contribution in [0.3, 0.4) is 0 Å². The van der Waals surface area contributed by atoms with Gasteiger partial charge in [0.2, 0.25) is 0 Å². The second kappa shape index (κ2) is 6.57. The van der Waals surface area contributed by atoms with Crippen LogP contribution in [0.4, 0.5) is 0 Å². The highest BCUT2D eigenvalue weighted by molar-refractivity contribution is 6.62. The first-order chi connectivity index (χ1) is 11.8. The maximum atomic E-state index is 12.2. The lowest BCUT2D eigenvalue weighted by molar-refractivity contribution is 0.00578. The Bertz CT molecular complexity index is 749. The molecule has 0 atom stereocenters. The molecule has 1 fully saturated rings. The van der Waals surface area contributed by atoms with Gasteiger partial charge in [0.1, 0.15) is 12.0 Å². The fraction of sp³-hybridized carbons (Fsp3) is 0.389. The van der Waals surface area contributed by atoms with Crippen LogP contribution < -0.4 is 10.8 Å². The van der Waals surface area contributed by atoms with E-state index in [1.807, 2.05) is 52.0 Å². The smallest absolute Gasteiger partial charge is 0.399 e. The maximum Gasteiger partial charge on any atom is 0.495 e. The zero-order valence-corrected chi connectivity index (χ0v) is 14.9. The van der Waals surface area contributed by atoms with Crippen LogP contribution >= 0.6 is 0 Å². The van der Waals surface area contributed by atoms with E-state index >= 15 is 0 Å². The van der Waals surface area contributed by atoms with E-state index < -0.39 is 18.3 Å². The molecule has 0 bridgehead atoms. The zero-order chi connectivity index (χ0) is 18.1. The van der Waals surface area contributed by atoms with Gasteiger partial charge in [0.05, 0.1) is 11.2 Å². The highest BCUT2D eigenvalue weighted by atomic mass is 16.7. The van der Waals surface area contributed by atoms with Gasteiger partial charge >= 0.3 is 7.12 Å². The summed E-state index contributed by atoms with van der Waals surface area (Å²) in [6.45, 7) is 8.45. The largest absolute Gasteiger partial charge is 0.495 e. The normalized spacial score (nSPS) is 18.2. The zero-order valence-electron chi connectivity index (χ0n) is 14.9. The van der Waals surface area contributed by atoms with Gasteiger partial charge < -0.3 is 14.6 Å². The summed E-state index contributed by atoms with van der Waals surface area (Å²) in [7, 11) is -0.461. The molecule has 2 heterocycles. The molecule has 25 heavy (non-hydrogen) atoms. The van der Waals surface area contributed by atoms with Crippen LogP contribution in [0.25, 0.3) is 0 Å². The maximum absolute atomic E-state index is 12.2. The molecule has 0 saturated carbocycles. The van der Waals surface area contributed by atoms with Crippen molar-refractivity contribution < 1.29 is 14.1 Å². The van der Waals surface area contributed by atoms with Crippen molar-refractivity contribution in [2.45, 2.75) is 45.4 Å². The lowest BCUT2D eigenvalue weighted by atomic mass is 9.76. The molecule has 2 aromatic rings. The molecule has 1 N–H and O–H groups in total. The van der Waals surface area contributed by atoms with Gasteiger partial charge in [-0.2, -0.15) is 0 Å². The molecule has 6 nitrogen and oxygen atoms in total. The van der Waals surface area contributed by atoms with E-state index in [2.05, 4.69) is 15.3 Å². The van der Waals surface area contributed by atoms with Gasteiger partial charge in [-0.15, -0.1) is 0 Å². The number of rotatable bonds is 4. The number of amides is 1. The topological polar surface area (TPSA) is 73.3 Å². The molecule has 130 valence electrons. The molecular weight excluding hydrogens is 317 g/mol. The molecule has 0 aliphatic carbocycles. The van der Waals surface area contributed by atoms with Gasteiger partial charge in [0, 0.05) is 12.7 Å². The number of aromatic nitrogens is 2. The summed E-state index contributed by atoms with van der Waals surface area (Å²) in [4.78, 5) is 20.0. The number of nitrogens with one attached hydrogen (secondary N) is 1. The van der Waals surface area contributed by atoms with E-state index in [-0.39, 0.29) is 5.91 Å². The summed E-state index contributed by atoms with van der Waals surface area (Å²) in [5.74, 6) is -0.244. The standard InChI is InChI=1S/C18H22BN3O3/c1-17(2)18(3,4)25-19(24-17)14-8-6-5-7-13(14)11-21-16(23)15-9-10-20-12-22-15/h5-10,12H,11H2,1-4H3,(H,21,23). The van der Waals surface area contributed by atoms with Crippen LogP contribution in [-0.2, 0) is 15.9 Å². The van der Waals surface area contributed by atoms with E-state index in [9.17, 15) is 4.79 Å². The van der Waals surface area contributed by atoms with E-state index in [1.54, 1.807) is 12.3 Å². The third-order valence-electron chi connectivity index (χ3n) is 4.82. The Hall–Kier alpha value is -2.25. The van der Waals surface area contributed by atoms with Crippen LogP contribution in [-0.4, -0.2) is 34.2 Å². The molecule has 0 unspecified atom stereocenters. The van der Waals surface area contributed by atoms with Crippen LogP contribution in [0.2, 0.25) is 0 Å². The molecule has 1 aromatic carbocycles. The number of hydrogen-bond donors (Lipinski definition) is 1. The van der Waals surface area contributed by atoms with Gasteiger partial charge in [-0.05, 0) is 44.8 Å². The lowest BCUT2D eigenvalue weighted by Crippen LogP contribution is -2.41. The Labute approximate surface area is 148 Å². The minimum absolute atomic E-state index is 0.244. The molecule has 1 saturated heterocycles. The average molecular weight is 339 g/mol. The highest BCUT2D eigenvalue weighted by Crippen LogP contribution is 2.36. The summed E-state index contributed by atoms with van der Waals surface area (Å²) in [5, 5.41) is 2.88. The van der Waals surface area contributed by atoms with Crippen molar-refractivity contribution in [3.63, 3.8) is 0 Å². The van der Waals surface area contributed by atoms with Gasteiger partial charge in [0.25, 0.3) is 5.91 Å². The number of benzene rings is 1. The molecule has 1 aromatic heterocycles. The van der Waals surface area contributed by atoms with Gasteiger partial charge in [-0.25, -0.2) is 9.97 Å². The predicted octanol–water partition coefficient (Wildman–Crippen LogP) is 1.71. The summed E-state index contributed by atoms with van der Waals surface area (Å²) in [6.07, 6.45) is 2.90.